The SMILES string of the molecule is CC(C)(C)O[C@@H](C(=O)OCc1ccccc1)[C@H]1CCCN1. The van der Waals surface area contributed by atoms with Crippen LogP contribution in [-0.2, 0) is 20.9 Å². The number of rotatable bonds is 5. The Morgan fingerprint density at radius 1 is 1.33 bits per heavy atom. The maximum atomic E-state index is 12.4. The van der Waals surface area contributed by atoms with Crippen LogP contribution in [0.5, 0.6) is 0 Å². The van der Waals surface area contributed by atoms with Crippen LogP contribution in [0.25, 0.3) is 0 Å². The molecule has 1 N–H and O–H groups in total. The Balaban J connectivity index is 1.96. The standard InChI is InChI=1S/C17H25NO3/c1-17(2,3)21-15(14-10-7-11-18-14)16(19)20-12-13-8-5-4-6-9-13/h4-6,8-9,14-15,18H,7,10-12H2,1-3H3/t14-,15-/m1/s1. The first-order valence-corrected chi connectivity index (χ1v) is 7.57. The van der Waals surface area contributed by atoms with Crippen LogP contribution in [0.3, 0.4) is 0 Å². The largest absolute Gasteiger partial charge is 0.459 e. The first-order chi connectivity index (χ1) is 9.96. The molecule has 1 heterocycles. The molecule has 1 saturated heterocycles. The van der Waals surface area contributed by atoms with Crippen LogP contribution in [-0.4, -0.2) is 30.3 Å². The normalized spacial score (nSPS) is 20.2. The lowest BCUT2D eigenvalue weighted by Crippen LogP contribution is -2.46. The fraction of sp³-hybridized carbons (Fsp3) is 0.588. The number of carbonyl (C=O) groups is 1. The highest BCUT2D eigenvalue weighted by Crippen LogP contribution is 2.20. The molecule has 1 aliphatic rings. The summed E-state index contributed by atoms with van der Waals surface area (Å²) in [5, 5.41) is 3.33. The third kappa shape index (κ3) is 5.14. The minimum absolute atomic E-state index is 0.0486. The van der Waals surface area contributed by atoms with E-state index in [0.29, 0.717) is 0 Å². The van der Waals surface area contributed by atoms with E-state index in [0.717, 1.165) is 24.9 Å². The predicted molar refractivity (Wildman–Crippen MR) is 81.9 cm³/mol. The number of hydrogen-bond acceptors (Lipinski definition) is 4. The predicted octanol–water partition coefficient (Wildman–Crippen LogP) is 2.67. The van der Waals surface area contributed by atoms with Gasteiger partial charge in [0.15, 0.2) is 6.10 Å². The summed E-state index contributed by atoms with van der Waals surface area (Å²) in [6.45, 7) is 7.09. The molecule has 0 saturated carbocycles. The Bertz CT molecular complexity index is 447. The molecule has 0 spiro atoms. The van der Waals surface area contributed by atoms with Crippen LogP contribution in [0.1, 0.15) is 39.2 Å². The highest BCUT2D eigenvalue weighted by atomic mass is 16.6. The third-order valence-corrected chi connectivity index (χ3v) is 3.40. The lowest BCUT2D eigenvalue weighted by atomic mass is 10.1. The van der Waals surface area contributed by atoms with Crippen molar-refractivity contribution in [1.82, 2.24) is 5.32 Å². The van der Waals surface area contributed by atoms with E-state index in [9.17, 15) is 4.79 Å². The molecule has 4 heteroatoms. The van der Waals surface area contributed by atoms with Crippen molar-refractivity contribution >= 4 is 5.97 Å². The number of esters is 1. The monoisotopic (exact) mass is 291 g/mol. The smallest absolute Gasteiger partial charge is 0.337 e. The number of benzene rings is 1. The summed E-state index contributed by atoms with van der Waals surface area (Å²) in [7, 11) is 0. The molecular formula is C17H25NO3. The van der Waals surface area contributed by atoms with Gasteiger partial charge in [0, 0.05) is 6.04 Å². The summed E-state index contributed by atoms with van der Waals surface area (Å²) in [6.07, 6.45) is 1.47. The van der Waals surface area contributed by atoms with E-state index in [2.05, 4.69) is 5.32 Å². The Kier molecular flexibility index (Phi) is 5.37. The zero-order valence-corrected chi connectivity index (χ0v) is 13.1. The molecule has 0 amide bonds. The molecule has 1 aromatic carbocycles. The van der Waals surface area contributed by atoms with Gasteiger partial charge in [-0.15, -0.1) is 0 Å². The average Bonchev–Trinajstić information content (AvgIpc) is 2.96. The lowest BCUT2D eigenvalue weighted by molar-refractivity contribution is -0.170. The summed E-state index contributed by atoms with van der Waals surface area (Å²) >= 11 is 0. The molecule has 2 rings (SSSR count). The molecule has 0 radical (unpaired) electrons. The highest BCUT2D eigenvalue weighted by Gasteiger charge is 2.35. The van der Waals surface area contributed by atoms with Gasteiger partial charge in [0.25, 0.3) is 0 Å². The van der Waals surface area contributed by atoms with Crippen LogP contribution < -0.4 is 5.32 Å². The Labute approximate surface area is 126 Å². The Morgan fingerprint density at radius 2 is 2.05 bits per heavy atom. The molecule has 0 unspecified atom stereocenters. The van der Waals surface area contributed by atoms with E-state index in [-0.39, 0.29) is 24.2 Å². The third-order valence-electron chi connectivity index (χ3n) is 3.40. The van der Waals surface area contributed by atoms with Gasteiger partial charge in [-0.3, -0.25) is 0 Å². The molecule has 2 atom stereocenters. The van der Waals surface area contributed by atoms with Gasteiger partial charge in [-0.05, 0) is 45.7 Å². The highest BCUT2D eigenvalue weighted by molar-refractivity contribution is 5.75. The molecule has 21 heavy (non-hydrogen) atoms. The molecule has 0 bridgehead atoms. The zero-order valence-electron chi connectivity index (χ0n) is 13.1. The van der Waals surface area contributed by atoms with Gasteiger partial charge in [0.05, 0.1) is 5.60 Å². The molecule has 1 aromatic rings. The van der Waals surface area contributed by atoms with E-state index in [1.165, 1.54) is 0 Å². The van der Waals surface area contributed by atoms with Crippen molar-refractivity contribution < 1.29 is 14.3 Å². The maximum Gasteiger partial charge on any atom is 0.337 e. The van der Waals surface area contributed by atoms with Crippen molar-refractivity contribution in [3.63, 3.8) is 0 Å². The second-order valence-corrected chi connectivity index (χ2v) is 6.45. The van der Waals surface area contributed by atoms with Gasteiger partial charge < -0.3 is 14.8 Å². The fourth-order valence-electron chi connectivity index (χ4n) is 2.46. The van der Waals surface area contributed by atoms with Gasteiger partial charge in [0.1, 0.15) is 6.61 Å². The van der Waals surface area contributed by atoms with E-state index >= 15 is 0 Å². The van der Waals surface area contributed by atoms with Crippen LogP contribution in [0.15, 0.2) is 30.3 Å². The molecule has 4 nitrogen and oxygen atoms in total. The van der Waals surface area contributed by atoms with Crippen molar-refractivity contribution in [2.24, 2.45) is 0 Å². The summed E-state index contributed by atoms with van der Waals surface area (Å²) in [6, 6.07) is 9.75. The minimum Gasteiger partial charge on any atom is -0.459 e. The average molecular weight is 291 g/mol. The lowest BCUT2D eigenvalue weighted by Gasteiger charge is -2.30. The van der Waals surface area contributed by atoms with Crippen molar-refractivity contribution in [3.05, 3.63) is 35.9 Å². The van der Waals surface area contributed by atoms with Crippen molar-refractivity contribution in [3.8, 4) is 0 Å². The van der Waals surface area contributed by atoms with Crippen LogP contribution in [0.4, 0.5) is 0 Å². The van der Waals surface area contributed by atoms with Crippen molar-refractivity contribution in [2.75, 3.05) is 6.54 Å². The molecule has 116 valence electrons. The summed E-state index contributed by atoms with van der Waals surface area (Å²) < 4.78 is 11.4. The van der Waals surface area contributed by atoms with Crippen LogP contribution in [0, 0.1) is 0 Å². The van der Waals surface area contributed by atoms with Gasteiger partial charge >= 0.3 is 5.97 Å². The summed E-state index contributed by atoms with van der Waals surface area (Å²) in [5.74, 6) is -0.284. The molecule has 0 aliphatic carbocycles. The van der Waals surface area contributed by atoms with E-state index in [1.54, 1.807) is 0 Å². The number of hydrogen-bond donors (Lipinski definition) is 1. The number of carbonyl (C=O) groups excluding carboxylic acids is 1. The van der Waals surface area contributed by atoms with Gasteiger partial charge in [-0.1, -0.05) is 30.3 Å². The van der Waals surface area contributed by atoms with Gasteiger partial charge in [-0.2, -0.15) is 0 Å². The Hall–Kier alpha value is -1.39. The maximum absolute atomic E-state index is 12.4. The van der Waals surface area contributed by atoms with Crippen LogP contribution >= 0.6 is 0 Å². The van der Waals surface area contributed by atoms with Crippen molar-refractivity contribution in [1.29, 1.82) is 0 Å². The summed E-state index contributed by atoms with van der Waals surface area (Å²) in [5.41, 5.74) is 0.612. The van der Waals surface area contributed by atoms with Gasteiger partial charge in [-0.25, -0.2) is 4.79 Å². The summed E-state index contributed by atoms with van der Waals surface area (Å²) in [4.78, 5) is 12.4. The zero-order chi connectivity index (χ0) is 15.3. The topological polar surface area (TPSA) is 47.6 Å². The minimum atomic E-state index is -0.545. The van der Waals surface area contributed by atoms with E-state index in [1.807, 2.05) is 51.1 Å². The van der Waals surface area contributed by atoms with Crippen LogP contribution in [0.2, 0.25) is 0 Å². The van der Waals surface area contributed by atoms with Crippen molar-refractivity contribution in [2.45, 2.75) is 58.0 Å². The number of nitrogens with one attached hydrogen (secondary N) is 1. The van der Waals surface area contributed by atoms with Gasteiger partial charge in [0.2, 0.25) is 0 Å². The quantitative estimate of drug-likeness (QED) is 0.847. The molecular weight excluding hydrogens is 266 g/mol. The molecule has 1 fully saturated rings. The molecule has 0 aromatic heterocycles. The second kappa shape index (κ2) is 7.05. The first-order valence-electron chi connectivity index (χ1n) is 7.57. The number of ether oxygens (including phenoxy) is 2. The first kappa shape index (κ1) is 16.0. The Morgan fingerprint density at radius 3 is 2.62 bits per heavy atom. The second-order valence-electron chi connectivity index (χ2n) is 6.45. The van der Waals surface area contributed by atoms with E-state index < -0.39 is 6.10 Å². The van der Waals surface area contributed by atoms with E-state index in [4.69, 9.17) is 9.47 Å². The molecule has 1 aliphatic heterocycles. The fourth-order valence-corrected chi connectivity index (χ4v) is 2.46.